The Kier molecular flexibility index (Phi) is 6.06. The number of urea groups is 1. The second-order valence-corrected chi connectivity index (χ2v) is 6.74. The van der Waals surface area contributed by atoms with Crippen molar-refractivity contribution in [2.75, 3.05) is 20.1 Å². The van der Waals surface area contributed by atoms with E-state index in [0.717, 1.165) is 24.9 Å². The summed E-state index contributed by atoms with van der Waals surface area (Å²) in [6.45, 7) is 1.53. The highest BCUT2D eigenvalue weighted by atomic mass is 19.1. The molecule has 1 atom stereocenters. The molecule has 0 aliphatic carbocycles. The molecule has 27 heavy (non-hydrogen) atoms. The van der Waals surface area contributed by atoms with E-state index < -0.39 is 0 Å². The fraction of sp³-hybridized carbons (Fsp3) is 0.333. The summed E-state index contributed by atoms with van der Waals surface area (Å²) >= 11 is 0. The van der Waals surface area contributed by atoms with E-state index >= 15 is 0 Å². The lowest BCUT2D eigenvalue weighted by Crippen LogP contribution is -2.43. The standard InChI is InChI=1S/C21H24FN3O2/c1-23-21(27)25-11-5-9-18(14-25)15-7-4-8-16(12-15)20(26)24-13-17-6-2-3-10-19(17)22/h2-4,6-8,10,12,18H,5,9,11,13-14H2,1H3,(H,23,27)(H,24,26)/t18-/m1/s1. The number of halogens is 1. The molecule has 0 saturated carbocycles. The number of amides is 3. The van der Waals surface area contributed by atoms with Gasteiger partial charge in [0.05, 0.1) is 0 Å². The monoisotopic (exact) mass is 369 g/mol. The smallest absolute Gasteiger partial charge is 0.317 e. The topological polar surface area (TPSA) is 61.4 Å². The van der Waals surface area contributed by atoms with Crippen LogP contribution in [0.2, 0.25) is 0 Å². The Morgan fingerprint density at radius 3 is 2.78 bits per heavy atom. The third kappa shape index (κ3) is 4.64. The Morgan fingerprint density at radius 2 is 2.00 bits per heavy atom. The van der Waals surface area contributed by atoms with Crippen molar-refractivity contribution in [3.05, 3.63) is 71.0 Å². The number of benzene rings is 2. The average Bonchev–Trinajstić information content (AvgIpc) is 2.72. The molecule has 1 aliphatic heterocycles. The lowest BCUT2D eigenvalue weighted by molar-refractivity contribution is 0.0950. The molecule has 1 fully saturated rings. The number of nitrogens with one attached hydrogen (secondary N) is 2. The molecule has 2 aromatic carbocycles. The van der Waals surface area contributed by atoms with Crippen LogP contribution in [0.4, 0.5) is 9.18 Å². The van der Waals surface area contributed by atoms with Crippen LogP contribution in [0, 0.1) is 5.82 Å². The van der Waals surface area contributed by atoms with Crippen molar-refractivity contribution in [2.45, 2.75) is 25.3 Å². The lowest BCUT2D eigenvalue weighted by Gasteiger charge is -2.32. The maximum absolute atomic E-state index is 13.7. The number of hydrogen-bond acceptors (Lipinski definition) is 2. The van der Waals surface area contributed by atoms with E-state index in [2.05, 4.69) is 10.6 Å². The number of hydrogen-bond donors (Lipinski definition) is 2. The molecule has 0 aromatic heterocycles. The van der Waals surface area contributed by atoms with E-state index in [9.17, 15) is 14.0 Å². The third-order valence-corrected chi connectivity index (χ3v) is 4.94. The number of rotatable bonds is 4. The highest BCUT2D eigenvalue weighted by Crippen LogP contribution is 2.27. The van der Waals surface area contributed by atoms with Gasteiger partial charge in [0.25, 0.3) is 5.91 Å². The van der Waals surface area contributed by atoms with E-state index in [1.165, 1.54) is 6.07 Å². The first kappa shape index (κ1) is 18.9. The largest absolute Gasteiger partial charge is 0.348 e. The van der Waals surface area contributed by atoms with Crippen molar-refractivity contribution in [2.24, 2.45) is 0 Å². The van der Waals surface area contributed by atoms with Gasteiger partial charge in [-0.3, -0.25) is 4.79 Å². The average molecular weight is 369 g/mol. The van der Waals surface area contributed by atoms with Crippen molar-refractivity contribution < 1.29 is 14.0 Å². The fourth-order valence-electron chi connectivity index (χ4n) is 3.44. The summed E-state index contributed by atoms with van der Waals surface area (Å²) in [6, 6.07) is 13.8. The van der Waals surface area contributed by atoms with E-state index in [1.807, 2.05) is 18.2 Å². The van der Waals surface area contributed by atoms with Gasteiger partial charge in [-0.1, -0.05) is 30.3 Å². The molecule has 5 nitrogen and oxygen atoms in total. The van der Waals surface area contributed by atoms with E-state index in [1.54, 1.807) is 36.2 Å². The molecule has 3 amide bonds. The minimum atomic E-state index is -0.331. The molecule has 1 heterocycles. The molecular formula is C21H24FN3O2. The van der Waals surface area contributed by atoms with Crippen molar-refractivity contribution in [1.29, 1.82) is 0 Å². The zero-order chi connectivity index (χ0) is 19.2. The minimum absolute atomic E-state index is 0.0708. The first-order chi connectivity index (χ1) is 13.1. The van der Waals surface area contributed by atoms with Crippen LogP contribution in [0.1, 0.15) is 40.2 Å². The number of piperidine rings is 1. The quantitative estimate of drug-likeness (QED) is 0.869. The van der Waals surface area contributed by atoms with Crippen LogP contribution in [0.15, 0.2) is 48.5 Å². The fourth-order valence-corrected chi connectivity index (χ4v) is 3.44. The van der Waals surface area contributed by atoms with Gasteiger partial charge in [0.2, 0.25) is 0 Å². The molecule has 0 radical (unpaired) electrons. The summed E-state index contributed by atoms with van der Waals surface area (Å²) in [4.78, 5) is 26.2. The maximum Gasteiger partial charge on any atom is 0.317 e. The van der Waals surface area contributed by atoms with Crippen LogP contribution in [-0.4, -0.2) is 37.0 Å². The van der Waals surface area contributed by atoms with Crippen LogP contribution in [0.25, 0.3) is 0 Å². The molecule has 1 saturated heterocycles. The molecule has 0 unspecified atom stereocenters. The van der Waals surface area contributed by atoms with Gasteiger partial charge in [-0.2, -0.15) is 0 Å². The van der Waals surface area contributed by atoms with E-state index in [-0.39, 0.29) is 30.2 Å². The summed E-state index contributed by atoms with van der Waals surface area (Å²) in [6.07, 6.45) is 1.91. The second kappa shape index (κ2) is 8.66. The molecule has 6 heteroatoms. The predicted octanol–water partition coefficient (Wildman–Crippen LogP) is 3.27. The molecule has 0 spiro atoms. The Labute approximate surface area is 158 Å². The zero-order valence-electron chi connectivity index (χ0n) is 15.4. The Morgan fingerprint density at radius 1 is 1.19 bits per heavy atom. The van der Waals surface area contributed by atoms with Crippen LogP contribution in [0.3, 0.4) is 0 Å². The van der Waals surface area contributed by atoms with Crippen molar-refractivity contribution in [3.8, 4) is 0 Å². The van der Waals surface area contributed by atoms with Gasteiger partial charge >= 0.3 is 6.03 Å². The van der Waals surface area contributed by atoms with Crippen LogP contribution < -0.4 is 10.6 Å². The normalized spacial score (nSPS) is 16.7. The Bertz CT molecular complexity index is 825. The summed E-state index contributed by atoms with van der Waals surface area (Å²) in [5.41, 5.74) is 2.04. The van der Waals surface area contributed by atoms with Gasteiger partial charge in [-0.15, -0.1) is 0 Å². The van der Waals surface area contributed by atoms with Gasteiger partial charge in [-0.25, -0.2) is 9.18 Å². The van der Waals surface area contributed by atoms with Crippen molar-refractivity contribution in [1.82, 2.24) is 15.5 Å². The van der Waals surface area contributed by atoms with E-state index in [4.69, 9.17) is 0 Å². The summed E-state index contributed by atoms with van der Waals surface area (Å²) < 4.78 is 13.7. The molecular weight excluding hydrogens is 345 g/mol. The first-order valence-corrected chi connectivity index (χ1v) is 9.16. The summed E-state index contributed by atoms with van der Waals surface area (Å²) in [7, 11) is 1.63. The van der Waals surface area contributed by atoms with Crippen LogP contribution in [0.5, 0.6) is 0 Å². The first-order valence-electron chi connectivity index (χ1n) is 9.16. The zero-order valence-corrected chi connectivity index (χ0v) is 15.4. The summed E-state index contributed by atoms with van der Waals surface area (Å²) in [5.74, 6) is -0.363. The second-order valence-electron chi connectivity index (χ2n) is 6.74. The van der Waals surface area contributed by atoms with Gasteiger partial charge < -0.3 is 15.5 Å². The molecule has 3 rings (SSSR count). The summed E-state index contributed by atoms with van der Waals surface area (Å²) in [5, 5.41) is 5.43. The molecule has 1 aliphatic rings. The Balaban J connectivity index is 1.67. The highest BCUT2D eigenvalue weighted by Gasteiger charge is 2.24. The third-order valence-electron chi connectivity index (χ3n) is 4.94. The van der Waals surface area contributed by atoms with Gasteiger partial charge in [0.1, 0.15) is 5.82 Å². The SMILES string of the molecule is CNC(=O)N1CCC[C@@H](c2cccc(C(=O)NCc3ccccc3F)c2)C1. The number of likely N-dealkylation sites (tertiary alicyclic amines) is 1. The lowest BCUT2D eigenvalue weighted by atomic mass is 9.89. The van der Waals surface area contributed by atoms with Gasteiger partial charge in [0, 0.05) is 43.7 Å². The van der Waals surface area contributed by atoms with Gasteiger partial charge in [-0.05, 0) is 36.6 Å². The maximum atomic E-state index is 13.7. The van der Waals surface area contributed by atoms with Gasteiger partial charge in [0.15, 0.2) is 0 Å². The molecule has 142 valence electrons. The van der Waals surface area contributed by atoms with Crippen LogP contribution >= 0.6 is 0 Å². The number of nitrogens with zero attached hydrogens (tertiary/aromatic N) is 1. The molecule has 0 bridgehead atoms. The molecule has 2 aromatic rings. The number of carbonyl (C=O) groups is 2. The number of carbonyl (C=O) groups excluding carboxylic acids is 2. The molecule has 2 N–H and O–H groups in total. The Hall–Kier alpha value is -2.89. The van der Waals surface area contributed by atoms with E-state index in [0.29, 0.717) is 17.7 Å². The van der Waals surface area contributed by atoms with Crippen molar-refractivity contribution >= 4 is 11.9 Å². The highest BCUT2D eigenvalue weighted by molar-refractivity contribution is 5.94. The van der Waals surface area contributed by atoms with Crippen LogP contribution in [-0.2, 0) is 6.54 Å². The predicted molar refractivity (Wildman–Crippen MR) is 102 cm³/mol. The minimum Gasteiger partial charge on any atom is -0.348 e. The van der Waals surface area contributed by atoms with Crippen molar-refractivity contribution in [3.63, 3.8) is 0 Å².